The molecule has 1 aliphatic heterocycles. The van der Waals surface area contributed by atoms with Crippen molar-refractivity contribution in [1.29, 1.82) is 0 Å². The normalized spacial score (nSPS) is 16.5. The van der Waals surface area contributed by atoms with Gasteiger partial charge in [0.05, 0.1) is 5.41 Å². The average Bonchev–Trinajstić information content (AvgIpc) is 2.91. The van der Waals surface area contributed by atoms with Crippen LogP contribution in [-0.2, 0) is 31.0 Å². The lowest BCUT2D eigenvalue weighted by atomic mass is 9.71. The Kier molecular flexibility index (Phi) is 9.95. The van der Waals surface area contributed by atoms with E-state index in [2.05, 4.69) is 10.6 Å². The molecule has 2 atom stereocenters. The van der Waals surface area contributed by atoms with Crippen molar-refractivity contribution in [2.75, 3.05) is 13.1 Å². The summed E-state index contributed by atoms with van der Waals surface area (Å²) in [7, 11) is 0. The van der Waals surface area contributed by atoms with Gasteiger partial charge in [-0.05, 0) is 50.7 Å². The molecule has 0 aliphatic carbocycles. The smallest absolute Gasteiger partial charge is 0.410 e. The third kappa shape index (κ3) is 7.83. The Bertz CT molecular complexity index is 1170. The van der Waals surface area contributed by atoms with Gasteiger partial charge in [-0.2, -0.15) is 0 Å². The summed E-state index contributed by atoms with van der Waals surface area (Å²) in [4.78, 5) is 53.6. The molecule has 9 heteroatoms. The molecule has 0 spiro atoms. The maximum atomic E-state index is 14.0. The van der Waals surface area contributed by atoms with Crippen LogP contribution in [0.5, 0.6) is 0 Å². The Labute approximate surface area is 236 Å². The minimum Gasteiger partial charge on any atom is -0.480 e. The van der Waals surface area contributed by atoms with Crippen LogP contribution in [0.15, 0.2) is 60.7 Å². The highest BCUT2D eigenvalue weighted by molar-refractivity contribution is 5.94. The van der Waals surface area contributed by atoms with Crippen molar-refractivity contribution in [3.63, 3.8) is 0 Å². The van der Waals surface area contributed by atoms with Crippen LogP contribution in [-0.4, -0.2) is 64.7 Å². The van der Waals surface area contributed by atoms with Crippen LogP contribution in [0.2, 0.25) is 0 Å². The summed E-state index contributed by atoms with van der Waals surface area (Å²) < 4.78 is 5.52. The number of ether oxygens (including phenoxy) is 1. The second kappa shape index (κ2) is 13.0. The first kappa shape index (κ1) is 30.7. The summed E-state index contributed by atoms with van der Waals surface area (Å²) >= 11 is 0. The molecule has 0 bridgehead atoms. The fourth-order valence-corrected chi connectivity index (χ4v) is 4.93. The molecule has 3 N–H and O–H groups in total. The molecule has 40 heavy (non-hydrogen) atoms. The Morgan fingerprint density at radius 2 is 1.48 bits per heavy atom. The van der Waals surface area contributed by atoms with E-state index in [0.717, 1.165) is 11.1 Å². The molecule has 2 unspecified atom stereocenters. The van der Waals surface area contributed by atoms with Gasteiger partial charge in [-0.25, -0.2) is 9.59 Å². The van der Waals surface area contributed by atoms with Crippen molar-refractivity contribution >= 4 is 23.9 Å². The SMILES string of the molecule is CC(C)C(NC(=O)C1(c2ccccc2)CCN(C(=O)OC(C)(C)C)CC1)C(=O)NC(Cc1ccccc1)C(=O)O. The van der Waals surface area contributed by atoms with Crippen molar-refractivity contribution in [2.24, 2.45) is 5.92 Å². The highest BCUT2D eigenvalue weighted by atomic mass is 16.6. The molecule has 0 aromatic heterocycles. The Morgan fingerprint density at radius 1 is 0.925 bits per heavy atom. The molecule has 9 nitrogen and oxygen atoms in total. The van der Waals surface area contributed by atoms with E-state index in [1.807, 2.05) is 69.3 Å². The molecule has 3 amide bonds. The summed E-state index contributed by atoms with van der Waals surface area (Å²) in [5.41, 5.74) is -0.0234. The molecule has 2 aromatic carbocycles. The maximum Gasteiger partial charge on any atom is 0.410 e. The first-order chi connectivity index (χ1) is 18.8. The summed E-state index contributed by atoms with van der Waals surface area (Å²) in [6.07, 6.45) is 0.391. The highest BCUT2D eigenvalue weighted by Gasteiger charge is 2.45. The molecule has 1 heterocycles. The topological polar surface area (TPSA) is 125 Å². The lowest BCUT2D eigenvalue weighted by Gasteiger charge is -2.42. The number of nitrogens with zero attached hydrogens (tertiary/aromatic N) is 1. The second-order valence-electron chi connectivity index (χ2n) is 11.7. The predicted octanol–water partition coefficient (Wildman–Crippen LogP) is 3.91. The zero-order valence-corrected chi connectivity index (χ0v) is 24.0. The number of rotatable bonds is 9. The van der Waals surface area contributed by atoms with Crippen molar-refractivity contribution in [1.82, 2.24) is 15.5 Å². The predicted molar refractivity (Wildman–Crippen MR) is 152 cm³/mol. The number of nitrogens with one attached hydrogen (secondary N) is 2. The van der Waals surface area contributed by atoms with Gasteiger partial charge in [-0.3, -0.25) is 9.59 Å². The first-order valence-electron chi connectivity index (χ1n) is 13.7. The van der Waals surface area contributed by atoms with Crippen LogP contribution in [0.4, 0.5) is 4.79 Å². The number of carbonyl (C=O) groups excluding carboxylic acids is 3. The summed E-state index contributed by atoms with van der Waals surface area (Å²) in [5, 5.41) is 15.3. The van der Waals surface area contributed by atoms with Crippen molar-refractivity contribution in [3.05, 3.63) is 71.8 Å². The number of likely N-dealkylation sites (tertiary alicyclic amines) is 1. The van der Waals surface area contributed by atoms with Gasteiger partial charge in [-0.15, -0.1) is 0 Å². The quantitative estimate of drug-likeness (QED) is 0.434. The first-order valence-corrected chi connectivity index (χ1v) is 13.7. The zero-order chi connectivity index (χ0) is 29.5. The molecule has 0 saturated carbocycles. The van der Waals surface area contributed by atoms with Gasteiger partial charge in [0.1, 0.15) is 17.7 Å². The van der Waals surface area contributed by atoms with E-state index in [0.29, 0.717) is 25.9 Å². The molecule has 1 saturated heterocycles. The number of carbonyl (C=O) groups is 4. The number of benzene rings is 2. The summed E-state index contributed by atoms with van der Waals surface area (Å²) in [6.45, 7) is 9.66. The van der Waals surface area contributed by atoms with Crippen molar-refractivity contribution in [3.8, 4) is 0 Å². The van der Waals surface area contributed by atoms with Gasteiger partial charge in [0, 0.05) is 19.5 Å². The zero-order valence-electron chi connectivity index (χ0n) is 24.0. The number of amides is 3. The van der Waals surface area contributed by atoms with Crippen LogP contribution in [0, 0.1) is 5.92 Å². The van der Waals surface area contributed by atoms with Crippen LogP contribution in [0.3, 0.4) is 0 Å². The summed E-state index contributed by atoms with van der Waals surface area (Å²) in [5.74, 6) is -2.33. The van der Waals surface area contributed by atoms with Crippen LogP contribution in [0.25, 0.3) is 0 Å². The van der Waals surface area contributed by atoms with Crippen LogP contribution < -0.4 is 10.6 Å². The van der Waals surface area contributed by atoms with Crippen molar-refractivity contribution in [2.45, 2.75) is 77.0 Å². The van der Waals surface area contributed by atoms with E-state index in [1.165, 1.54) is 0 Å². The van der Waals surface area contributed by atoms with Crippen LogP contribution in [0.1, 0.15) is 58.6 Å². The van der Waals surface area contributed by atoms with E-state index in [1.54, 1.807) is 30.9 Å². The lowest BCUT2D eigenvalue weighted by molar-refractivity contribution is -0.142. The largest absolute Gasteiger partial charge is 0.480 e. The Hall–Kier alpha value is -3.88. The number of carboxylic acid groups (broad SMARTS) is 1. The van der Waals surface area contributed by atoms with Gasteiger partial charge < -0.3 is 25.4 Å². The van der Waals surface area contributed by atoms with Gasteiger partial charge in [0.15, 0.2) is 0 Å². The number of hydrogen-bond donors (Lipinski definition) is 3. The summed E-state index contributed by atoms with van der Waals surface area (Å²) in [6, 6.07) is 16.3. The fraction of sp³-hybridized carbons (Fsp3) is 0.484. The van der Waals surface area contributed by atoms with Gasteiger partial charge >= 0.3 is 12.1 Å². The average molecular weight is 552 g/mol. The minimum atomic E-state index is -1.15. The molecule has 0 radical (unpaired) electrons. The third-order valence-electron chi connectivity index (χ3n) is 7.16. The van der Waals surface area contributed by atoms with E-state index in [9.17, 15) is 24.3 Å². The van der Waals surface area contributed by atoms with Gasteiger partial charge in [0.2, 0.25) is 11.8 Å². The fourth-order valence-electron chi connectivity index (χ4n) is 4.93. The molecule has 216 valence electrons. The Morgan fingerprint density at radius 3 is 1.98 bits per heavy atom. The number of aliphatic carboxylic acids is 1. The Balaban J connectivity index is 1.79. The molecule has 1 fully saturated rings. The number of carboxylic acids is 1. The number of hydrogen-bond acceptors (Lipinski definition) is 5. The van der Waals surface area contributed by atoms with E-state index in [4.69, 9.17) is 4.74 Å². The van der Waals surface area contributed by atoms with Gasteiger partial charge in [0.25, 0.3) is 0 Å². The number of piperidine rings is 1. The van der Waals surface area contributed by atoms with E-state index >= 15 is 0 Å². The maximum absolute atomic E-state index is 14.0. The monoisotopic (exact) mass is 551 g/mol. The highest BCUT2D eigenvalue weighted by Crippen LogP contribution is 2.36. The van der Waals surface area contributed by atoms with Crippen LogP contribution >= 0.6 is 0 Å². The lowest BCUT2D eigenvalue weighted by Crippen LogP contribution is -2.59. The second-order valence-corrected chi connectivity index (χ2v) is 11.7. The third-order valence-corrected chi connectivity index (χ3v) is 7.16. The molecule has 2 aromatic rings. The van der Waals surface area contributed by atoms with E-state index < -0.39 is 41.1 Å². The van der Waals surface area contributed by atoms with Gasteiger partial charge in [-0.1, -0.05) is 74.5 Å². The standard InChI is InChI=1S/C31H41N3O6/c1-21(2)25(26(35)32-24(27(36)37)20-22-12-8-6-9-13-22)33-28(38)31(23-14-10-7-11-15-23)16-18-34(19-17-31)29(39)40-30(3,4)5/h6-15,21,24-25H,16-20H2,1-5H3,(H,32,35)(H,33,38)(H,36,37). The van der Waals surface area contributed by atoms with E-state index in [-0.39, 0.29) is 18.2 Å². The molecular weight excluding hydrogens is 510 g/mol. The van der Waals surface area contributed by atoms with Crippen molar-refractivity contribution < 1.29 is 29.0 Å². The minimum absolute atomic E-state index is 0.120. The molecular formula is C31H41N3O6. The molecule has 3 rings (SSSR count). The molecule has 1 aliphatic rings.